The van der Waals surface area contributed by atoms with Crippen molar-refractivity contribution in [2.24, 2.45) is 5.92 Å². The van der Waals surface area contributed by atoms with E-state index in [-0.39, 0.29) is 23.0 Å². The molecule has 98 valence electrons. The molecule has 0 spiro atoms. The minimum absolute atomic E-state index is 0.0127. The van der Waals surface area contributed by atoms with E-state index >= 15 is 0 Å². The zero-order valence-electron chi connectivity index (χ0n) is 10.6. The van der Waals surface area contributed by atoms with Gasteiger partial charge in [0.2, 0.25) is 0 Å². The van der Waals surface area contributed by atoms with E-state index in [2.05, 4.69) is 0 Å². The Morgan fingerprint density at radius 1 is 1.33 bits per heavy atom. The molecule has 1 aliphatic carbocycles. The molecule has 1 fully saturated rings. The molecule has 4 nitrogen and oxygen atoms in total. The molecule has 1 saturated carbocycles. The van der Waals surface area contributed by atoms with Gasteiger partial charge in [-0.3, -0.25) is 4.79 Å². The van der Waals surface area contributed by atoms with E-state index in [0.29, 0.717) is 19.0 Å². The Kier molecular flexibility index (Phi) is 3.75. The topological polar surface area (TPSA) is 60.8 Å². The fourth-order valence-electron chi connectivity index (χ4n) is 2.25. The SMILES string of the molecule is CCN(CC1CCC1)C(=O)c1c(O)cccc1O. The molecular formula is C14H19NO3. The number of phenols is 2. The van der Waals surface area contributed by atoms with E-state index in [1.54, 1.807) is 4.90 Å². The van der Waals surface area contributed by atoms with Gasteiger partial charge in [-0.25, -0.2) is 0 Å². The highest BCUT2D eigenvalue weighted by Gasteiger charge is 2.26. The van der Waals surface area contributed by atoms with E-state index in [1.807, 2.05) is 6.92 Å². The number of hydrogen-bond acceptors (Lipinski definition) is 3. The van der Waals surface area contributed by atoms with Crippen LogP contribution in [0.25, 0.3) is 0 Å². The number of nitrogens with zero attached hydrogens (tertiary/aromatic N) is 1. The number of benzene rings is 1. The number of aromatic hydroxyl groups is 2. The number of amides is 1. The zero-order valence-corrected chi connectivity index (χ0v) is 10.6. The monoisotopic (exact) mass is 249 g/mol. The molecule has 1 aromatic rings. The number of carbonyl (C=O) groups excluding carboxylic acids is 1. The fraction of sp³-hybridized carbons (Fsp3) is 0.500. The standard InChI is InChI=1S/C14H19NO3/c1-2-15(9-10-5-3-6-10)14(18)13-11(16)7-4-8-12(13)17/h4,7-8,10,16-17H,2-3,5-6,9H2,1H3. The third-order valence-corrected chi connectivity index (χ3v) is 3.61. The zero-order chi connectivity index (χ0) is 13.1. The van der Waals surface area contributed by atoms with E-state index in [1.165, 1.54) is 24.6 Å². The van der Waals surface area contributed by atoms with Crippen molar-refractivity contribution in [2.45, 2.75) is 26.2 Å². The van der Waals surface area contributed by atoms with Gasteiger partial charge < -0.3 is 15.1 Å². The predicted molar refractivity (Wildman–Crippen MR) is 68.7 cm³/mol. The number of rotatable bonds is 4. The summed E-state index contributed by atoms with van der Waals surface area (Å²) in [5.41, 5.74) is 0.0127. The Balaban J connectivity index is 2.17. The van der Waals surface area contributed by atoms with Crippen LogP contribution in [-0.4, -0.2) is 34.1 Å². The molecule has 0 saturated heterocycles. The third-order valence-electron chi connectivity index (χ3n) is 3.61. The number of hydrogen-bond donors (Lipinski definition) is 2. The van der Waals surface area contributed by atoms with Crippen LogP contribution in [-0.2, 0) is 0 Å². The number of phenolic OH excluding ortho intramolecular Hbond substituents is 2. The molecule has 0 unspecified atom stereocenters. The predicted octanol–water partition coefficient (Wildman–Crippen LogP) is 2.36. The highest BCUT2D eigenvalue weighted by Crippen LogP contribution is 2.30. The lowest BCUT2D eigenvalue weighted by molar-refractivity contribution is 0.0700. The van der Waals surface area contributed by atoms with Gasteiger partial charge in [-0.2, -0.15) is 0 Å². The van der Waals surface area contributed by atoms with Crippen LogP contribution in [0.4, 0.5) is 0 Å². The van der Waals surface area contributed by atoms with Gasteiger partial charge in [-0.1, -0.05) is 12.5 Å². The molecule has 2 N–H and O–H groups in total. The van der Waals surface area contributed by atoms with Gasteiger partial charge in [0.05, 0.1) is 0 Å². The van der Waals surface area contributed by atoms with Crippen LogP contribution in [0.1, 0.15) is 36.5 Å². The smallest absolute Gasteiger partial charge is 0.261 e. The van der Waals surface area contributed by atoms with E-state index in [0.717, 1.165) is 12.8 Å². The Labute approximate surface area is 107 Å². The maximum atomic E-state index is 12.3. The van der Waals surface area contributed by atoms with Crippen LogP contribution in [0.15, 0.2) is 18.2 Å². The van der Waals surface area contributed by atoms with Crippen molar-refractivity contribution in [1.82, 2.24) is 4.90 Å². The van der Waals surface area contributed by atoms with Crippen molar-refractivity contribution in [1.29, 1.82) is 0 Å². The van der Waals surface area contributed by atoms with Crippen molar-refractivity contribution >= 4 is 5.91 Å². The Hall–Kier alpha value is -1.71. The molecule has 0 atom stereocenters. The Morgan fingerprint density at radius 3 is 2.39 bits per heavy atom. The molecule has 1 amide bonds. The Morgan fingerprint density at radius 2 is 1.94 bits per heavy atom. The molecule has 0 aliphatic heterocycles. The third kappa shape index (κ3) is 2.42. The van der Waals surface area contributed by atoms with Gasteiger partial charge in [0.1, 0.15) is 17.1 Å². The molecule has 18 heavy (non-hydrogen) atoms. The first-order valence-corrected chi connectivity index (χ1v) is 6.43. The molecule has 0 bridgehead atoms. The summed E-state index contributed by atoms with van der Waals surface area (Å²) < 4.78 is 0. The van der Waals surface area contributed by atoms with Gasteiger partial charge in [0.15, 0.2) is 0 Å². The maximum absolute atomic E-state index is 12.3. The molecule has 4 heteroatoms. The summed E-state index contributed by atoms with van der Waals surface area (Å²) in [6, 6.07) is 4.36. The molecule has 2 rings (SSSR count). The molecule has 0 aromatic heterocycles. The summed E-state index contributed by atoms with van der Waals surface area (Å²) in [6.45, 7) is 3.21. The summed E-state index contributed by atoms with van der Waals surface area (Å²) in [5.74, 6) is -0.0407. The summed E-state index contributed by atoms with van der Waals surface area (Å²) in [7, 11) is 0. The normalized spacial score (nSPS) is 15.2. The highest BCUT2D eigenvalue weighted by atomic mass is 16.3. The van der Waals surface area contributed by atoms with Crippen molar-refractivity contribution in [2.75, 3.05) is 13.1 Å². The first-order valence-electron chi connectivity index (χ1n) is 6.43. The van der Waals surface area contributed by atoms with Crippen LogP contribution in [0, 0.1) is 5.92 Å². The highest BCUT2D eigenvalue weighted by molar-refractivity contribution is 5.99. The van der Waals surface area contributed by atoms with Crippen LogP contribution >= 0.6 is 0 Å². The molecule has 0 heterocycles. The van der Waals surface area contributed by atoms with Gasteiger partial charge in [0.25, 0.3) is 5.91 Å². The average Bonchev–Trinajstić information content (AvgIpc) is 2.27. The maximum Gasteiger partial charge on any atom is 0.261 e. The van der Waals surface area contributed by atoms with Crippen molar-refractivity contribution < 1.29 is 15.0 Å². The van der Waals surface area contributed by atoms with Crippen LogP contribution in [0.2, 0.25) is 0 Å². The lowest BCUT2D eigenvalue weighted by Crippen LogP contribution is -2.37. The Bertz CT molecular complexity index is 420. The van der Waals surface area contributed by atoms with Crippen molar-refractivity contribution in [3.8, 4) is 11.5 Å². The molecule has 1 aliphatic rings. The molecule has 1 aromatic carbocycles. The second kappa shape index (κ2) is 5.29. The summed E-state index contributed by atoms with van der Waals surface area (Å²) >= 11 is 0. The van der Waals surface area contributed by atoms with Crippen LogP contribution in [0.3, 0.4) is 0 Å². The minimum atomic E-state index is -0.292. The van der Waals surface area contributed by atoms with Crippen molar-refractivity contribution in [3.63, 3.8) is 0 Å². The summed E-state index contributed by atoms with van der Waals surface area (Å²) in [5, 5.41) is 19.4. The minimum Gasteiger partial charge on any atom is -0.507 e. The van der Waals surface area contributed by atoms with Crippen LogP contribution in [0.5, 0.6) is 11.5 Å². The first kappa shape index (κ1) is 12.7. The van der Waals surface area contributed by atoms with Crippen LogP contribution < -0.4 is 0 Å². The summed E-state index contributed by atoms with van der Waals surface area (Å²) in [4.78, 5) is 14.0. The lowest BCUT2D eigenvalue weighted by Gasteiger charge is -2.32. The average molecular weight is 249 g/mol. The van der Waals surface area contributed by atoms with E-state index < -0.39 is 0 Å². The second-order valence-electron chi connectivity index (χ2n) is 4.81. The van der Waals surface area contributed by atoms with Gasteiger partial charge in [-0.05, 0) is 37.8 Å². The van der Waals surface area contributed by atoms with Gasteiger partial charge in [-0.15, -0.1) is 0 Å². The summed E-state index contributed by atoms with van der Waals surface area (Å²) in [6.07, 6.45) is 3.56. The van der Waals surface area contributed by atoms with E-state index in [4.69, 9.17) is 0 Å². The number of carbonyl (C=O) groups is 1. The second-order valence-corrected chi connectivity index (χ2v) is 4.81. The van der Waals surface area contributed by atoms with Crippen molar-refractivity contribution in [3.05, 3.63) is 23.8 Å². The first-order chi connectivity index (χ1) is 8.63. The van der Waals surface area contributed by atoms with Gasteiger partial charge in [0, 0.05) is 13.1 Å². The molecular weight excluding hydrogens is 230 g/mol. The quantitative estimate of drug-likeness (QED) is 0.861. The fourth-order valence-corrected chi connectivity index (χ4v) is 2.25. The molecule has 0 radical (unpaired) electrons. The van der Waals surface area contributed by atoms with Gasteiger partial charge >= 0.3 is 0 Å². The van der Waals surface area contributed by atoms with E-state index in [9.17, 15) is 15.0 Å². The largest absolute Gasteiger partial charge is 0.507 e. The lowest BCUT2D eigenvalue weighted by atomic mass is 9.85.